The third-order valence-corrected chi connectivity index (χ3v) is 2.00. The molecule has 0 aromatic heterocycles. The van der Waals surface area contributed by atoms with Crippen LogP contribution in [0.3, 0.4) is 0 Å². The van der Waals surface area contributed by atoms with Crippen LogP contribution in [0.15, 0.2) is 0 Å². The first kappa shape index (κ1) is 7.03. The molecule has 0 radical (unpaired) electrons. The Labute approximate surface area is 57.0 Å². The first-order valence-electron chi connectivity index (χ1n) is 3.73. The molecule has 1 saturated heterocycles. The van der Waals surface area contributed by atoms with Crippen LogP contribution in [0.2, 0.25) is 0 Å². The van der Waals surface area contributed by atoms with Crippen LogP contribution in [0, 0.1) is 0 Å². The first-order chi connectivity index (χ1) is 4.29. The van der Waals surface area contributed by atoms with Crippen LogP contribution in [-0.2, 0) is 0 Å². The summed E-state index contributed by atoms with van der Waals surface area (Å²) >= 11 is 0. The molecule has 0 aliphatic carbocycles. The fraction of sp³-hybridized carbons (Fsp3) is 1.00. The summed E-state index contributed by atoms with van der Waals surface area (Å²) in [5.41, 5.74) is 5.77. The van der Waals surface area contributed by atoms with E-state index in [9.17, 15) is 0 Å². The molecule has 54 valence electrons. The maximum absolute atomic E-state index is 5.77. The third kappa shape index (κ3) is 2.33. The molecule has 0 spiro atoms. The minimum atomic E-state index is 0.468. The molecule has 1 fully saturated rings. The summed E-state index contributed by atoms with van der Waals surface area (Å²) in [6, 6.07) is 0.468. The van der Waals surface area contributed by atoms with E-state index in [2.05, 4.69) is 11.9 Å². The highest BCUT2D eigenvalue weighted by molar-refractivity contribution is 4.68. The Balaban J connectivity index is 2.25. The van der Waals surface area contributed by atoms with Crippen molar-refractivity contribution >= 4 is 0 Å². The Morgan fingerprint density at radius 1 is 1.33 bits per heavy atom. The summed E-state index contributed by atoms with van der Waals surface area (Å²) in [5, 5.41) is 0. The lowest BCUT2D eigenvalue weighted by molar-refractivity contribution is 0.347. The molecule has 0 unspecified atom stereocenters. The van der Waals surface area contributed by atoms with Crippen molar-refractivity contribution in [3.63, 3.8) is 0 Å². The summed E-state index contributed by atoms with van der Waals surface area (Å²) < 4.78 is 0. The molecule has 0 aromatic rings. The largest absolute Gasteiger partial charge is 0.328 e. The minimum Gasteiger partial charge on any atom is -0.328 e. The average molecular weight is 128 g/mol. The second-order valence-electron chi connectivity index (χ2n) is 2.99. The second kappa shape index (κ2) is 3.18. The van der Waals surface area contributed by atoms with Crippen molar-refractivity contribution in [3.05, 3.63) is 0 Å². The second-order valence-corrected chi connectivity index (χ2v) is 2.99. The van der Waals surface area contributed by atoms with Crippen LogP contribution in [0.5, 0.6) is 0 Å². The Bertz CT molecular complexity index is 73.0. The van der Waals surface area contributed by atoms with Gasteiger partial charge in [-0.05, 0) is 39.4 Å². The maximum Gasteiger partial charge on any atom is 0.00514 e. The summed E-state index contributed by atoms with van der Waals surface area (Å²) in [6.45, 7) is 2.41. The van der Waals surface area contributed by atoms with Gasteiger partial charge in [-0.25, -0.2) is 0 Å². The molecule has 2 heteroatoms. The Hall–Kier alpha value is -0.0800. The van der Waals surface area contributed by atoms with E-state index in [1.54, 1.807) is 0 Å². The van der Waals surface area contributed by atoms with Gasteiger partial charge in [0.2, 0.25) is 0 Å². The molecule has 1 heterocycles. The standard InChI is InChI=1S/C7H16N2/c1-9-5-2-3-7(8)4-6-9/h7H,2-6,8H2,1H3/t7-/m0/s1. The number of hydrogen-bond donors (Lipinski definition) is 1. The van der Waals surface area contributed by atoms with Crippen molar-refractivity contribution in [2.75, 3.05) is 20.1 Å². The molecule has 0 aromatic carbocycles. The third-order valence-electron chi connectivity index (χ3n) is 2.00. The van der Waals surface area contributed by atoms with Gasteiger partial charge < -0.3 is 10.6 Å². The van der Waals surface area contributed by atoms with Crippen molar-refractivity contribution in [1.82, 2.24) is 4.90 Å². The lowest BCUT2D eigenvalue weighted by Gasteiger charge is -2.11. The zero-order valence-electron chi connectivity index (χ0n) is 6.14. The Morgan fingerprint density at radius 3 is 2.89 bits per heavy atom. The zero-order chi connectivity index (χ0) is 6.69. The lowest BCUT2D eigenvalue weighted by Crippen LogP contribution is -2.23. The molecule has 0 amide bonds. The zero-order valence-corrected chi connectivity index (χ0v) is 6.14. The van der Waals surface area contributed by atoms with E-state index in [-0.39, 0.29) is 0 Å². The number of nitrogens with two attached hydrogens (primary N) is 1. The van der Waals surface area contributed by atoms with Crippen LogP contribution < -0.4 is 5.73 Å². The smallest absolute Gasteiger partial charge is 0.00514 e. The van der Waals surface area contributed by atoms with Gasteiger partial charge in [0.15, 0.2) is 0 Å². The van der Waals surface area contributed by atoms with E-state index >= 15 is 0 Å². The first-order valence-corrected chi connectivity index (χ1v) is 3.73. The maximum atomic E-state index is 5.77. The van der Waals surface area contributed by atoms with Gasteiger partial charge in [0.25, 0.3) is 0 Å². The van der Waals surface area contributed by atoms with Crippen molar-refractivity contribution in [3.8, 4) is 0 Å². The van der Waals surface area contributed by atoms with E-state index in [0.717, 1.165) is 0 Å². The topological polar surface area (TPSA) is 29.3 Å². The van der Waals surface area contributed by atoms with Gasteiger partial charge in [-0.1, -0.05) is 0 Å². The molecule has 0 bridgehead atoms. The number of nitrogens with zero attached hydrogens (tertiary/aromatic N) is 1. The molecular formula is C7H16N2. The van der Waals surface area contributed by atoms with Crippen LogP contribution in [-0.4, -0.2) is 31.1 Å². The summed E-state index contributed by atoms with van der Waals surface area (Å²) in [5.74, 6) is 0. The van der Waals surface area contributed by atoms with Gasteiger partial charge in [0, 0.05) is 6.04 Å². The summed E-state index contributed by atoms with van der Waals surface area (Å²) in [6.07, 6.45) is 3.67. The Morgan fingerprint density at radius 2 is 2.11 bits per heavy atom. The molecule has 1 atom stereocenters. The van der Waals surface area contributed by atoms with Crippen LogP contribution in [0.25, 0.3) is 0 Å². The average Bonchev–Trinajstić information content (AvgIpc) is 1.97. The van der Waals surface area contributed by atoms with E-state index < -0.39 is 0 Å². The molecule has 1 aliphatic rings. The molecule has 1 aliphatic heterocycles. The van der Waals surface area contributed by atoms with Gasteiger partial charge in [-0.15, -0.1) is 0 Å². The Kier molecular flexibility index (Phi) is 2.49. The van der Waals surface area contributed by atoms with Crippen molar-refractivity contribution in [2.45, 2.75) is 25.3 Å². The van der Waals surface area contributed by atoms with E-state index in [0.29, 0.717) is 6.04 Å². The number of likely N-dealkylation sites (tertiary alicyclic amines) is 1. The number of hydrogen-bond acceptors (Lipinski definition) is 2. The highest BCUT2D eigenvalue weighted by atomic mass is 15.1. The van der Waals surface area contributed by atoms with Crippen LogP contribution >= 0.6 is 0 Å². The molecule has 2 nitrogen and oxygen atoms in total. The molecule has 9 heavy (non-hydrogen) atoms. The fourth-order valence-corrected chi connectivity index (χ4v) is 1.27. The highest BCUT2D eigenvalue weighted by Crippen LogP contribution is 2.06. The van der Waals surface area contributed by atoms with E-state index in [1.807, 2.05) is 0 Å². The van der Waals surface area contributed by atoms with Crippen LogP contribution in [0.1, 0.15) is 19.3 Å². The van der Waals surface area contributed by atoms with Gasteiger partial charge in [-0.2, -0.15) is 0 Å². The van der Waals surface area contributed by atoms with Crippen molar-refractivity contribution < 1.29 is 0 Å². The normalized spacial score (nSPS) is 32.0. The van der Waals surface area contributed by atoms with Crippen LogP contribution in [0.4, 0.5) is 0 Å². The predicted octanol–water partition coefficient (Wildman–Crippen LogP) is 0.429. The van der Waals surface area contributed by atoms with E-state index in [4.69, 9.17) is 5.73 Å². The van der Waals surface area contributed by atoms with Gasteiger partial charge in [0.05, 0.1) is 0 Å². The molecular weight excluding hydrogens is 112 g/mol. The summed E-state index contributed by atoms with van der Waals surface area (Å²) in [7, 11) is 2.16. The van der Waals surface area contributed by atoms with E-state index in [1.165, 1.54) is 32.4 Å². The molecule has 1 rings (SSSR count). The monoisotopic (exact) mass is 128 g/mol. The fourth-order valence-electron chi connectivity index (χ4n) is 1.27. The van der Waals surface area contributed by atoms with Gasteiger partial charge in [0.1, 0.15) is 0 Å². The van der Waals surface area contributed by atoms with Gasteiger partial charge >= 0.3 is 0 Å². The molecule has 2 N–H and O–H groups in total. The number of rotatable bonds is 0. The highest BCUT2D eigenvalue weighted by Gasteiger charge is 2.09. The van der Waals surface area contributed by atoms with Crippen molar-refractivity contribution in [2.24, 2.45) is 5.73 Å². The minimum absolute atomic E-state index is 0.468. The quantitative estimate of drug-likeness (QED) is 0.512. The van der Waals surface area contributed by atoms with Gasteiger partial charge in [-0.3, -0.25) is 0 Å². The van der Waals surface area contributed by atoms with Crippen molar-refractivity contribution in [1.29, 1.82) is 0 Å². The predicted molar refractivity (Wildman–Crippen MR) is 39.3 cm³/mol. The summed E-state index contributed by atoms with van der Waals surface area (Å²) in [4.78, 5) is 2.35. The molecule has 0 saturated carbocycles. The SMILES string of the molecule is CN1CCC[C@H](N)CC1. The lowest BCUT2D eigenvalue weighted by atomic mass is 10.1.